The Hall–Kier alpha value is -0.220. The van der Waals surface area contributed by atoms with E-state index in [0.29, 0.717) is 13.0 Å². The summed E-state index contributed by atoms with van der Waals surface area (Å²) in [6.07, 6.45) is -1.07. The summed E-state index contributed by atoms with van der Waals surface area (Å²) in [6.45, 7) is -0.256. The highest BCUT2D eigenvalue weighted by molar-refractivity contribution is 4.80. The van der Waals surface area contributed by atoms with Gasteiger partial charge in [-0.3, -0.25) is 0 Å². The van der Waals surface area contributed by atoms with Crippen molar-refractivity contribution >= 4 is 0 Å². The van der Waals surface area contributed by atoms with Crippen molar-refractivity contribution in [2.75, 3.05) is 13.2 Å². The predicted molar refractivity (Wildman–Crippen MR) is 31.0 cm³/mol. The normalized spacial score (nSPS) is 32.1. The molecule has 0 aliphatic carbocycles. The van der Waals surface area contributed by atoms with Crippen LogP contribution in [0, 0.1) is 0 Å². The first-order chi connectivity index (χ1) is 4.67. The van der Waals surface area contributed by atoms with Crippen LogP contribution in [0.3, 0.4) is 0 Å². The Morgan fingerprint density at radius 1 is 1.60 bits per heavy atom. The SMILES string of the molecule is OCC1OCCCC1(F)F. The van der Waals surface area contributed by atoms with Crippen molar-refractivity contribution in [3.63, 3.8) is 0 Å². The summed E-state index contributed by atoms with van der Waals surface area (Å²) in [4.78, 5) is 0. The summed E-state index contributed by atoms with van der Waals surface area (Å²) in [5.74, 6) is -2.83. The topological polar surface area (TPSA) is 29.5 Å². The van der Waals surface area contributed by atoms with Crippen molar-refractivity contribution in [3.8, 4) is 0 Å². The van der Waals surface area contributed by atoms with Crippen LogP contribution in [0.2, 0.25) is 0 Å². The van der Waals surface area contributed by atoms with Crippen molar-refractivity contribution in [2.24, 2.45) is 0 Å². The highest BCUT2D eigenvalue weighted by atomic mass is 19.3. The van der Waals surface area contributed by atoms with E-state index >= 15 is 0 Å². The maximum Gasteiger partial charge on any atom is 0.276 e. The number of hydrogen-bond acceptors (Lipinski definition) is 2. The minimum absolute atomic E-state index is 0.168. The molecule has 1 unspecified atom stereocenters. The summed E-state index contributed by atoms with van der Waals surface area (Å²) in [6, 6.07) is 0. The van der Waals surface area contributed by atoms with Crippen LogP contribution in [-0.2, 0) is 4.74 Å². The Kier molecular flexibility index (Phi) is 2.21. The van der Waals surface area contributed by atoms with Gasteiger partial charge in [-0.15, -0.1) is 0 Å². The average Bonchev–Trinajstić information content (AvgIpc) is 1.87. The minimum atomic E-state index is -2.83. The van der Waals surface area contributed by atoms with Gasteiger partial charge < -0.3 is 9.84 Å². The van der Waals surface area contributed by atoms with Crippen molar-refractivity contribution in [1.82, 2.24) is 0 Å². The molecule has 0 spiro atoms. The molecule has 60 valence electrons. The number of hydrogen-bond donors (Lipinski definition) is 1. The number of ether oxygens (including phenoxy) is 1. The molecule has 10 heavy (non-hydrogen) atoms. The van der Waals surface area contributed by atoms with E-state index in [4.69, 9.17) is 5.11 Å². The molecule has 1 N–H and O–H groups in total. The Labute approximate surface area is 57.8 Å². The smallest absolute Gasteiger partial charge is 0.276 e. The fourth-order valence-electron chi connectivity index (χ4n) is 1.00. The van der Waals surface area contributed by atoms with Crippen LogP contribution in [0.5, 0.6) is 0 Å². The van der Waals surface area contributed by atoms with Gasteiger partial charge >= 0.3 is 0 Å². The lowest BCUT2D eigenvalue weighted by Gasteiger charge is -2.29. The number of alkyl halides is 2. The second-order valence-corrected chi connectivity index (χ2v) is 2.41. The molecule has 0 saturated carbocycles. The molecule has 1 fully saturated rings. The van der Waals surface area contributed by atoms with Crippen LogP contribution in [0.1, 0.15) is 12.8 Å². The number of rotatable bonds is 1. The molecule has 0 aromatic heterocycles. The summed E-state index contributed by atoms with van der Waals surface area (Å²) >= 11 is 0. The molecule has 1 saturated heterocycles. The largest absolute Gasteiger partial charge is 0.393 e. The van der Waals surface area contributed by atoms with Crippen LogP contribution in [-0.4, -0.2) is 30.3 Å². The van der Waals surface area contributed by atoms with Crippen LogP contribution in [0.15, 0.2) is 0 Å². The molecule has 0 bridgehead atoms. The monoisotopic (exact) mass is 152 g/mol. The van der Waals surface area contributed by atoms with Gasteiger partial charge in [0.05, 0.1) is 6.61 Å². The fraction of sp³-hybridized carbons (Fsp3) is 1.00. The number of aliphatic hydroxyl groups is 1. The van der Waals surface area contributed by atoms with Crippen molar-refractivity contribution < 1.29 is 18.6 Å². The van der Waals surface area contributed by atoms with Gasteiger partial charge in [-0.05, 0) is 6.42 Å². The molecular weight excluding hydrogens is 142 g/mol. The van der Waals surface area contributed by atoms with Crippen molar-refractivity contribution in [3.05, 3.63) is 0 Å². The zero-order chi connectivity index (χ0) is 7.61. The van der Waals surface area contributed by atoms with Gasteiger partial charge in [0, 0.05) is 13.0 Å². The van der Waals surface area contributed by atoms with E-state index in [1.807, 2.05) is 0 Å². The third-order valence-electron chi connectivity index (χ3n) is 1.61. The molecule has 1 aliphatic rings. The second kappa shape index (κ2) is 2.80. The highest BCUT2D eigenvalue weighted by Crippen LogP contribution is 2.30. The fourth-order valence-corrected chi connectivity index (χ4v) is 1.00. The lowest BCUT2D eigenvalue weighted by atomic mass is 10.1. The molecule has 0 radical (unpaired) electrons. The van der Waals surface area contributed by atoms with E-state index in [1.165, 1.54) is 0 Å². The molecule has 1 aliphatic heterocycles. The van der Waals surface area contributed by atoms with E-state index in [2.05, 4.69) is 4.74 Å². The third kappa shape index (κ3) is 1.44. The number of halogens is 2. The standard InChI is InChI=1S/C6H10F2O2/c7-6(8)2-1-3-10-5(6)4-9/h5,9H,1-4H2. The van der Waals surface area contributed by atoms with Gasteiger partial charge in [0.25, 0.3) is 5.92 Å². The van der Waals surface area contributed by atoms with Crippen molar-refractivity contribution in [1.29, 1.82) is 0 Å². The van der Waals surface area contributed by atoms with Gasteiger partial charge in [0.15, 0.2) is 0 Å². The molecule has 0 amide bonds. The molecule has 4 heteroatoms. The Morgan fingerprint density at radius 3 is 2.70 bits per heavy atom. The Bertz CT molecular complexity index is 116. The van der Waals surface area contributed by atoms with Gasteiger partial charge in [-0.1, -0.05) is 0 Å². The van der Waals surface area contributed by atoms with E-state index in [1.54, 1.807) is 0 Å². The van der Waals surface area contributed by atoms with Gasteiger partial charge in [0.1, 0.15) is 6.10 Å². The Morgan fingerprint density at radius 2 is 2.30 bits per heavy atom. The molecule has 2 nitrogen and oxygen atoms in total. The van der Waals surface area contributed by atoms with Gasteiger partial charge in [0.2, 0.25) is 0 Å². The van der Waals surface area contributed by atoms with Gasteiger partial charge in [-0.25, -0.2) is 8.78 Å². The van der Waals surface area contributed by atoms with Crippen LogP contribution < -0.4 is 0 Å². The molecule has 1 heterocycles. The van der Waals surface area contributed by atoms with Crippen molar-refractivity contribution in [2.45, 2.75) is 24.9 Å². The zero-order valence-electron chi connectivity index (χ0n) is 5.52. The lowest BCUT2D eigenvalue weighted by molar-refractivity contribution is -0.183. The van der Waals surface area contributed by atoms with Crippen LogP contribution in [0.4, 0.5) is 8.78 Å². The maximum absolute atomic E-state index is 12.6. The summed E-state index contributed by atoms with van der Waals surface area (Å²) in [5.41, 5.74) is 0. The van der Waals surface area contributed by atoms with Crippen LogP contribution in [0.25, 0.3) is 0 Å². The highest BCUT2D eigenvalue weighted by Gasteiger charge is 2.42. The minimum Gasteiger partial charge on any atom is -0.393 e. The van der Waals surface area contributed by atoms with Gasteiger partial charge in [-0.2, -0.15) is 0 Å². The first-order valence-electron chi connectivity index (χ1n) is 3.27. The van der Waals surface area contributed by atoms with Crippen LogP contribution >= 0.6 is 0 Å². The first-order valence-corrected chi connectivity index (χ1v) is 3.27. The first kappa shape index (κ1) is 7.88. The van der Waals surface area contributed by atoms with E-state index < -0.39 is 18.6 Å². The quantitative estimate of drug-likeness (QED) is 0.602. The predicted octanol–water partition coefficient (Wildman–Crippen LogP) is 0.793. The Balaban J connectivity index is 2.51. The third-order valence-corrected chi connectivity index (χ3v) is 1.61. The molecule has 1 atom stereocenters. The number of aliphatic hydroxyl groups excluding tert-OH is 1. The maximum atomic E-state index is 12.6. The second-order valence-electron chi connectivity index (χ2n) is 2.41. The summed E-state index contributed by atoms with van der Waals surface area (Å²) < 4.78 is 29.8. The zero-order valence-corrected chi connectivity index (χ0v) is 5.52. The summed E-state index contributed by atoms with van der Waals surface area (Å²) in [5, 5.41) is 8.42. The van der Waals surface area contributed by atoms with E-state index in [-0.39, 0.29) is 6.42 Å². The average molecular weight is 152 g/mol. The summed E-state index contributed by atoms with van der Waals surface area (Å²) in [7, 11) is 0. The van der Waals surface area contributed by atoms with E-state index in [9.17, 15) is 8.78 Å². The molecule has 1 rings (SSSR count). The molecule has 0 aromatic rings. The van der Waals surface area contributed by atoms with E-state index in [0.717, 1.165) is 0 Å². The lowest BCUT2D eigenvalue weighted by Crippen LogP contribution is -2.42. The molecular formula is C6H10F2O2. The molecule has 0 aromatic carbocycles.